The van der Waals surface area contributed by atoms with Crippen LogP contribution in [0.5, 0.6) is 0 Å². The van der Waals surface area contributed by atoms with E-state index in [9.17, 15) is 13.2 Å². The highest BCUT2D eigenvalue weighted by atomic mass is 32.2. The standard InChI is InChI=1S/C15H14F3NS/c1-8-5-14(11(9(2)19)7-13(8)18)20-15-6-10(16)3-4-12(15)17/h3-7,9H,19H2,1-2H3. The third-order valence-corrected chi connectivity index (χ3v) is 4.00. The zero-order chi connectivity index (χ0) is 14.9. The number of aryl methyl sites for hydroxylation is 1. The summed E-state index contributed by atoms with van der Waals surface area (Å²) in [6.45, 7) is 3.34. The second-order valence-corrected chi connectivity index (χ2v) is 5.69. The number of hydrogen-bond donors (Lipinski definition) is 1. The summed E-state index contributed by atoms with van der Waals surface area (Å²) < 4.78 is 40.5. The number of hydrogen-bond acceptors (Lipinski definition) is 2. The molecule has 2 aromatic rings. The monoisotopic (exact) mass is 297 g/mol. The minimum absolute atomic E-state index is 0.151. The molecular weight excluding hydrogens is 283 g/mol. The fraction of sp³-hybridized carbons (Fsp3) is 0.200. The van der Waals surface area contributed by atoms with Crippen LogP contribution in [0.25, 0.3) is 0 Å². The summed E-state index contributed by atoms with van der Waals surface area (Å²) in [5.74, 6) is -1.40. The van der Waals surface area contributed by atoms with Crippen molar-refractivity contribution in [2.75, 3.05) is 0 Å². The van der Waals surface area contributed by atoms with Crippen molar-refractivity contribution in [1.82, 2.24) is 0 Å². The van der Waals surface area contributed by atoms with Gasteiger partial charge in [-0.15, -0.1) is 0 Å². The molecule has 2 aromatic carbocycles. The van der Waals surface area contributed by atoms with Gasteiger partial charge in [-0.3, -0.25) is 0 Å². The van der Waals surface area contributed by atoms with Crippen molar-refractivity contribution >= 4 is 11.8 Å². The summed E-state index contributed by atoms with van der Waals surface area (Å²) >= 11 is 1.04. The van der Waals surface area contributed by atoms with E-state index in [0.717, 1.165) is 30.0 Å². The lowest BCUT2D eigenvalue weighted by molar-refractivity contribution is 0.577. The molecule has 0 aliphatic heterocycles. The van der Waals surface area contributed by atoms with Gasteiger partial charge in [0.25, 0.3) is 0 Å². The molecule has 0 aliphatic carbocycles. The van der Waals surface area contributed by atoms with Crippen molar-refractivity contribution in [3.8, 4) is 0 Å². The van der Waals surface area contributed by atoms with Crippen LogP contribution in [0.4, 0.5) is 13.2 Å². The average Bonchev–Trinajstić information content (AvgIpc) is 2.37. The van der Waals surface area contributed by atoms with Crippen molar-refractivity contribution in [1.29, 1.82) is 0 Å². The molecule has 1 nitrogen and oxygen atoms in total. The van der Waals surface area contributed by atoms with Crippen LogP contribution in [0.1, 0.15) is 24.1 Å². The van der Waals surface area contributed by atoms with Gasteiger partial charge in [-0.25, -0.2) is 13.2 Å². The second kappa shape index (κ2) is 5.89. The molecule has 2 N–H and O–H groups in total. The van der Waals surface area contributed by atoms with Crippen molar-refractivity contribution < 1.29 is 13.2 Å². The van der Waals surface area contributed by atoms with Gasteiger partial charge in [-0.1, -0.05) is 11.8 Å². The highest BCUT2D eigenvalue weighted by Gasteiger charge is 2.14. The lowest BCUT2D eigenvalue weighted by Gasteiger charge is -2.14. The first-order valence-corrected chi connectivity index (χ1v) is 6.88. The first kappa shape index (κ1) is 14.9. The molecule has 0 heterocycles. The third kappa shape index (κ3) is 3.16. The van der Waals surface area contributed by atoms with Crippen LogP contribution in [0.15, 0.2) is 40.1 Å². The quantitative estimate of drug-likeness (QED) is 0.897. The Morgan fingerprint density at radius 1 is 1.00 bits per heavy atom. The Bertz CT molecular complexity index is 641. The fourth-order valence-corrected chi connectivity index (χ4v) is 2.96. The highest BCUT2D eigenvalue weighted by molar-refractivity contribution is 7.99. The predicted octanol–water partition coefficient (Wildman–Crippen LogP) is 4.58. The molecule has 0 aromatic heterocycles. The van der Waals surface area contributed by atoms with E-state index in [-0.39, 0.29) is 10.7 Å². The molecular formula is C15H14F3NS. The van der Waals surface area contributed by atoms with E-state index in [1.165, 1.54) is 6.07 Å². The third-order valence-electron chi connectivity index (χ3n) is 2.89. The molecule has 0 radical (unpaired) electrons. The van der Waals surface area contributed by atoms with Gasteiger partial charge in [0, 0.05) is 10.9 Å². The molecule has 0 fully saturated rings. The lowest BCUT2D eigenvalue weighted by atomic mass is 10.1. The largest absolute Gasteiger partial charge is 0.324 e. The smallest absolute Gasteiger partial charge is 0.137 e. The first-order valence-electron chi connectivity index (χ1n) is 6.07. The first-order chi connectivity index (χ1) is 9.38. The van der Waals surface area contributed by atoms with E-state index >= 15 is 0 Å². The summed E-state index contributed by atoms with van der Waals surface area (Å²) in [5, 5.41) is 0. The minimum Gasteiger partial charge on any atom is -0.324 e. The Kier molecular flexibility index (Phi) is 4.40. The number of halogens is 3. The Morgan fingerprint density at radius 3 is 2.35 bits per heavy atom. The normalized spacial score (nSPS) is 12.5. The van der Waals surface area contributed by atoms with E-state index < -0.39 is 17.7 Å². The zero-order valence-electron chi connectivity index (χ0n) is 11.1. The molecule has 1 unspecified atom stereocenters. The van der Waals surface area contributed by atoms with Crippen LogP contribution < -0.4 is 5.73 Å². The molecule has 2 rings (SSSR count). The van der Waals surface area contributed by atoms with Crippen LogP contribution in [0.2, 0.25) is 0 Å². The van der Waals surface area contributed by atoms with Gasteiger partial charge in [0.15, 0.2) is 0 Å². The maximum Gasteiger partial charge on any atom is 0.137 e. The molecule has 20 heavy (non-hydrogen) atoms. The van der Waals surface area contributed by atoms with E-state index in [1.807, 2.05) is 0 Å². The minimum atomic E-state index is -0.519. The van der Waals surface area contributed by atoms with Crippen molar-refractivity contribution in [3.05, 3.63) is 58.9 Å². The summed E-state index contributed by atoms with van der Waals surface area (Å²) in [6.07, 6.45) is 0. The average molecular weight is 297 g/mol. The van der Waals surface area contributed by atoms with E-state index in [0.29, 0.717) is 16.0 Å². The molecule has 5 heteroatoms. The van der Waals surface area contributed by atoms with Gasteiger partial charge >= 0.3 is 0 Å². The van der Waals surface area contributed by atoms with E-state index in [2.05, 4.69) is 0 Å². The molecule has 0 bridgehead atoms. The predicted molar refractivity (Wildman–Crippen MR) is 74.2 cm³/mol. The molecule has 0 amide bonds. The Morgan fingerprint density at radius 2 is 1.70 bits per heavy atom. The lowest BCUT2D eigenvalue weighted by Crippen LogP contribution is -2.07. The Labute approximate surface area is 120 Å². The van der Waals surface area contributed by atoms with Gasteiger partial charge in [0.05, 0.1) is 4.90 Å². The van der Waals surface area contributed by atoms with Crippen molar-refractivity contribution in [3.63, 3.8) is 0 Å². The van der Waals surface area contributed by atoms with E-state index in [1.54, 1.807) is 19.9 Å². The summed E-state index contributed by atoms with van der Waals surface area (Å²) in [7, 11) is 0. The van der Waals surface area contributed by atoms with Crippen molar-refractivity contribution in [2.24, 2.45) is 5.73 Å². The van der Waals surface area contributed by atoms with Gasteiger partial charge in [-0.2, -0.15) is 0 Å². The molecule has 0 aliphatic rings. The Hall–Kier alpha value is -1.46. The SMILES string of the molecule is Cc1cc(Sc2cc(F)ccc2F)c(C(C)N)cc1F. The van der Waals surface area contributed by atoms with Crippen LogP contribution in [-0.2, 0) is 0 Å². The number of nitrogens with two attached hydrogens (primary N) is 1. The van der Waals surface area contributed by atoms with E-state index in [4.69, 9.17) is 5.73 Å². The topological polar surface area (TPSA) is 26.0 Å². The van der Waals surface area contributed by atoms with Gasteiger partial charge < -0.3 is 5.73 Å². The summed E-state index contributed by atoms with van der Waals surface area (Å²) in [5.41, 5.74) is 6.82. The maximum atomic E-state index is 13.7. The van der Waals surface area contributed by atoms with Crippen LogP contribution in [0.3, 0.4) is 0 Å². The Balaban J connectivity index is 2.47. The maximum absolute atomic E-state index is 13.7. The molecule has 0 spiro atoms. The summed E-state index contributed by atoms with van der Waals surface area (Å²) in [4.78, 5) is 0.779. The molecule has 0 saturated carbocycles. The molecule has 106 valence electrons. The number of benzene rings is 2. The van der Waals surface area contributed by atoms with Crippen LogP contribution in [0, 0.1) is 24.4 Å². The van der Waals surface area contributed by atoms with Gasteiger partial charge in [0.1, 0.15) is 17.5 Å². The molecule has 1 atom stereocenters. The van der Waals surface area contributed by atoms with Gasteiger partial charge in [0.2, 0.25) is 0 Å². The highest BCUT2D eigenvalue weighted by Crippen LogP contribution is 2.36. The number of rotatable bonds is 3. The second-order valence-electron chi connectivity index (χ2n) is 4.60. The molecule has 0 saturated heterocycles. The van der Waals surface area contributed by atoms with Crippen LogP contribution in [-0.4, -0.2) is 0 Å². The van der Waals surface area contributed by atoms with Crippen molar-refractivity contribution in [2.45, 2.75) is 29.7 Å². The van der Waals surface area contributed by atoms with Crippen LogP contribution >= 0.6 is 11.8 Å². The van der Waals surface area contributed by atoms with Gasteiger partial charge in [-0.05, 0) is 55.3 Å². The summed E-state index contributed by atoms with van der Waals surface area (Å²) in [6, 6.07) is 5.79. The zero-order valence-corrected chi connectivity index (χ0v) is 11.9. The fourth-order valence-electron chi connectivity index (χ4n) is 1.79.